The van der Waals surface area contributed by atoms with Gasteiger partial charge in [-0.25, -0.2) is 0 Å². The number of benzene rings is 3. The SMILES string of the molecule is COc1ccc(C(=O)N2CCc3cc(OC)c(OC)cc3[C@@H]2c2ccc(OC)c(OC)c2)cc1. The molecule has 0 spiro atoms. The Morgan fingerprint density at radius 1 is 0.735 bits per heavy atom. The van der Waals surface area contributed by atoms with Crippen molar-refractivity contribution in [1.29, 1.82) is 0 Å². The molecule has 0 bridgehead atoms. The smallest absolute Gasteiger partial charge is 0.254 e. The summed E-state index contributed by atoms with van der Waals surface area (Å²) in [5.41, 5.74) is 3.59. The van der Waals surface area contributed by atoms with E-state index in [1.165, 1.54) is 0 Å². The van der Waals surface area contributed by atoms with Crippen molar-refractivity contribution < 1.29 is 28.5 Å². The molecule has 3 aromatic carbocycles. The zero-order valence-electron chi connectivity index (χ0n) is 20.1. The first kappa shape index (κ1) is 23.3. The fraction of sp³-hybridized carbons (Fsp3) is 0.296. The third-order valence-corrected chi connectivity index (χ3v) is 6.19. The first-order chi connectivity index (χ1) is 16.5. The highest BCUT2D eigenvalue weighted by atomic mass is 16.5. The van der Waals surface area contributed by atoms with Crippen LogP contribution >= 0.6 is 0 Å². The Balaban J connectivity index is 1.85. The summed E-state index contributed by atoms with van der Waals surface area (Å²) in [5, 5.41) is 0. The van der Waals surface area contributed by atoms with Gasteiger partial charge < -0.3 is 28.6 Å². The molecule has 0 N–H and O–H groups in total. The highest BCUT2D eigenvalue weighted by Crippen LogP contribution is 2.43. The zero-order valence-corrected chi connectivity index (χ0v) is 20.1. The van der Waals surface area contributed by atoms with Gasteiger partial charge in [-0.1, -0.05) is 6.07 Å². The highest BCUT2D eigenvalue weighted by molar-refractivity contribution is 5.95. The van der Waals surface area contributed by atoms with Gasteiger partial charge >= 0.3 is 0 Å². The van der Waals surface area contributed by atoms with Crippen LogP contribution in [0, 0.1) is 0 Å². The van der Waals surface area contributed by atoms with Crippen LogP contribution in [0.5, 0.6) is 28.7 Å². The lowest BCUT2D eigenvalue weighted by atomic mass is 9.87. The van der Waals surface area contributed by atoms with Crippen molar-refractivity contribution in [1.82, 2.24) is 4.90 Å². The highest BCUT2D eigenvalue weighted by Gasteiger charge is 2.34. The third kappa shape index (κ3) is 4.21. The second kappa shape index (κ2) is 9.95. The maximum Gasteiger partial charge on any atom is 0.254 e. The van der Waals surface area contributed by atoms with Crippen LogP contribution in [0.4, 0.5) is 0 Å². The summed E-state index contributed by atoms with van der Waals surface area (Å²) in [6.07, 6.45) is 0.696. The Morgan fingerprint density at radius 3 is 1.97 bits per heavy atom. The first-order valence-electron chi connectivity index (χ1n) is 11.0. The van der Waals surface area contributed by atoms with Crippen molar-refractivity contribution in [3.05, 3.63) is 76.9 Å². The van der Waals surface area contributed by atoms with E-state index < -0.39 is 0 Å². The lowest BCUT2D eigenvalue weighted by molar-refractivity contribution is 0.0694. The molecule has 1 amide bonds. The number of nitrogens with zero attached hydrogens (tertiary/aromatic N) is 1. The molecule has 0 radical (unpaired) electrons. The number of rotatable bonds is 7. The van der Waals surface area contributed by atoms with Crippen LogP contribution in [0.2, 0.25) is 0 Å². The molecular weight excluding hydrogens is 434 g/mol. The van der Waals surface area contributed by atoms with Gasteiger partial charge in [-0.2, -0.15) is 0 Å². The van der Waals surface area contributed by atoms with E-state index in [-0.39, 0.29) is 11.9 Å². The van der Waals surface area contributed by atoms with Crippen molar-refractivity contribution in [3.63, 3.8) is 0 Å². The fourth-order valence-corrected chi connectivity index (χ4v) is 4.45. The molecule has 7 nitrogen and oxygen atoms in total. The topological polar surface area (TPSA) is 66.5 Å². The van der Waals surface area contributed by atoms with E-state index in [1.54, 1.807) is 59.8 Å². The molecule has 0 aliphatic carbocycles. The molecule has 1 atom stereocenters. The molecule has 1 aliphatic rings. The van der Waals surface area contributed by atoms with Gasteiger partial charge in [-0.15, -0.1) is 0 Å². The van der Waals surface area contributed by atoms with Crippen LogP contribution in [0.25, 0.3) is 0 Å². The molecule has 4 rings (SSSR count). The van der Waals surface area contributed by atoms with E-state index in [4.69, 9.17) is 23.7 Å². The average Bonchev–Trinajstić information content (AvgIpc) is 2.90. The van der Waals surface area contributed by atoms with Crippen LogP contribution in [0.3, 0.4) is 0 Å². The number of methoxy groups -OCH3 is 5. The lowest BCUT2D eigenvalue weighted by Gasteiger charge is -2.38. The Morgan fingerprint density at radius 2 is 1.35 bits per heavy atom. The van der Waals surface area contributed by atoms with Crippen molar-refractivity contribution in [2.75, 3.05) is 42.1 Å². The van der Waals surface area contributed by atoms with Crippen LogP contribution in [0.1, 0.15) is 33.1 Å². The van der Waals surface area contributed by atoms with Crippen molar-refractivity contribution in [2.45, 2.75) is 12.5 Å². The molecule has 1 aliphatic heterocycles. The van der Waals surface area contributed by atoms with Gasteiger partial charge in [-0.05, 0) is 71.6 Å². The van der Waals surface area contributed by atoms with E-state index >= 15 is 0 Å². The summed E-state index contributed by atoms with van der Waals surface area (Å²) >= 11 is 0. The second-order valence-corrected chi connectivity index (χ2v) is 7.90. The summed E-state index contributed by atoms with van der Waals surface area (Å²) < 4.78 is 27.3. The molecule has 0 saturated carbocycles. The van der Waals surface area contributed by atoms with Crippen LogP contribution in [-0.2, 0) is 6.42 Å². The van der Waals surface area contributed by atoms with Gasteiger partial charge in [0.1, 0.15) is 5.75 Å². The Bertz CT molecular complexity index is 1170. The van der Waals surface area contributed by atoms with E-state index in [1.807, 2.05) is 35.2 Å². The van der Waals surface area contributed by atoms with E-state index in [2.05, 4.69) is 0 Å². The van der Waals surface area contributed by atoms with E-state index in [0.29, 0.717) is 47.3 Å². The number of carbonyl (C=O) groups excluding carboxylic acids is 1. The zero-order chi connectivity index (χ0) is 24.2. The average molecular weight is 464 g/mol. The Labute approximate surface area is 199 Å². The van der Waals surface area contributed by atoms with Crippen molar-refractivity contribution >= 4 is 5.91 Å². The number of carbonyl (C=O) groups is 1. The number of fused-ring (bicyclic) bond motifs is 1. The van der Waals surface area contributed by atoms with Crippen molar-refractivity contribution in [2.24, 2.45) is 0 Å². The maximum atomic E-state index is 13.7. The molecule has 0 unspecified atom stereocenters. The number of hydrogen-bond acceptors (Lipinski definition) is 6. The first-order valence-corrected chi connectivity index (χ1v) is 11.0. The maximum absolute atomic E-state index is 13.7. The van der Waals surface area contributed by atoms with Crippen LogP contribution < -0.4 is 23.7 Å². The monoisotopic (exact) mass is 463 g/mol. The van der Waals surface area contributed by atoms with Gasteiger partial charge in [0.2, 0.25) is 0 Å². The second-order valence-electron chi connectivity index (χ2n) is 7.90. The minimum Gasteiger partial charge on any atom is -0.497 e. The minimum absolute atomic E-state index is 0.0668. The molecule has 34 heavy (non-hydrogen) atoms. The third-order valence-electron chi connectivity index (χ3n) is 6.19. The molecule has 178 valence electrons. The summed E-state index contributed by atoms with van der Waals surface area (Å²) in [7, 11) is 8.04. The van der Waals surface area contributed by atoms with Crippen molar-refractivity contribution in [3.8, 4) is 28.7 Å². The summed E-state index contributed by atoms with van der Waals surface area (Å²) in [5.74, 6) is 3.15. The quantitative estimate of drug-likeness (QED) is 0.513. The summed E-state index contributed by atoms with van der Waals surface area (Å²) in [6, 6.07) is 16.5. The van der Waals surface area contributed by atoms with Gasteiger partial charge in [-0.3, -0.25) is 4.79 Å². The predicted octanol–water partition coefficient (Wildman–Crippen LogP) is 4.52. The lowest BCUT2D eigenvalue weighted by Crippen LogP contribution is -2.40. The minimum atomic E-state index is -0.349. The summed E-state index contributed by atoms with van der Waals surface area (Å²) in [4.78, 5) is 15.6. The predicted molar refractivity (Wildman–Crippen MR) is 129 cm³/mol. The van der Waals surface area contributed by atoms with Crippen LogP contribution in [0.15, 0.2) is 54.6 Å². The molecule has 0 saturated heterocycles. The normalized spacial score (nSPS) is 14.7. The molecule has 0 aromatic heterocycles. The number of amides is 1. The largest absolute Gasteiger partial charge is 0.497 e. The molecule has 7 heteroatoms. The van der Waals surface area contributed by atoms with Gasteiger partial charge in [0.25, 0.3) is 5.91 Å². The van der Waals surface area contributed by atoms with Crippen LogP contribution in [-0.4, -0.2) is 52.9 Å². The van der Waals surface area contributed by atoms with E-state index in [0.717, 1.165) is 16.7 Å². The number of hydrogen-bond donors (Lipinski definition) is 0. The fourth-order valence-electron chi connectivity index (χ4n) is 4.45. The number of ether oxygens (including phenoxy) is 5. The Kier molecular flexibility index (Phi) is 6.82. The molecule has 3 aromatic rings. The molecule has 0 fully saturated rings. The standard InChI is InChI=1S/C27H29NO6/c1-30-20-9-6-17(7-10-20)27(29)28-13-12-18-14-24(33-4)25(34-5)16-21(18)26(28)19-8-11-22(31-2)23(15-19)32-3/h6-11,14-16,26H,12-13H2,1-5H3/t26-/m0/s1. The van der Waals surface area contributed by atoms with Gasteiger partial charge in [0.15, 0.2) is 23.0 Å². The molecule has 1 heterocycles. The summed E-state index contributed by atoms with van der Waals surface area (Å²) in [6.45, 7) is 0.548. The van der Waals surface area contributed by atoms with E-state index in [9.17, 15) is 4.79 Å². The van der Waals surface area contributed by atoms with Gasteiger partial charge in [0.05, 0.1) is 41.6 Å². The molecular formula is C27H29NO6. The van der Waals surface area contributed by atoms with Gasteiger partial charge in [0, 0.05) is 12.1 Å². The Hall–Kier alpha value is -3.87.